The predicted octanol–water partition coefficient (Wildman–Crippen LogP) is 3.33. The van der Waals surface area contributed by atoms with Crippen molar-refractivity contribution in [3.63, 3.8) is 0 Å². The topological polar surface area (TPSA) is 94.3 Å². The monoisotopic (exact) mass is 419 g/mol. The fourth-order valence-electron chi connectivity index (χ4n) is 3.41. The van der Waals surface area contributed by atoms with Crippen LogP contribution in [0.2, 0.25) is 0 Å². The number of carbonyl (C=O) groups is 1. The highest BCUT2D eigenvalue weighted by molar-refractivity contribution is 6.04. The number of benzene rings is 1. The molecule has 0 atom stereocenters. The fourth-order valence-corrected chi connectivity index (χ4v) is 3.41. The second kappa shape index (κ2) is 8.35. The van der Waals surface area contributed by atoms with Crippen LogP contribution in [0.25, 0.3) is 22.0 Å². The number of methoxy groups -OCH3 is 1. The normalized spacial score (nSPS) is 10.9. The van der Waals surface area contributed by atoms with E-state index < -0.39 is 23.1 Å². The van der Waals surface area contributed by atoms with E-state index in [0.717, 1.165) is 24.9 Å². The smallest absolute Gasteiger partial charge is 0.360 e. The number of esters is 1. The van der Waals surface area contributed by atoms with Gasteiger partial charge in [-0.25, -0.2) is 14.2 Å². The van der Waals surface area contributed by atoms with Crippen LogP contribution in [0.4, 0.5) is 4.39 Å². The lowest BCUT2D eigenvalue weighted by Crippen LogP contribution is -2.22. The molecule has 0 aliphatic heterocycles. The average Bonchev–Trinajstić information content (AvgIpc) is 2.79. The molecule has 0 fully saturated rings. The van der Waals surface area contributed by atoms with Crippen molar-refractivity contribution in [2.75, 3.05) is 7.11 Å². The molecule has 1 N–H and O–H groups in total. The zero-order valence-corrected chi connectivity index (χ0v) is 16.6. The summed E-state index contributed by atoms with van der Waals surface area (Å²) in [4.78, 5) is 33.4. The van der Waals surface area contributed by atoms with Gasteiger partial charge < -0.3 is 14.4 Å². The predicted molar refractivity (Wildman–Crippen MR) is 112 cm³/mol. The average molecular weight is 419 g/mol. The molecule has 0 saturated heterocycles. The maximum atomic E-state index is 13.8. The minimum absolute atomic E-state index is 0.0410. The first kappa shape index (κ1) is 20.2. The van der Waals surface area contributed by atoms with Gasteiger partial charge in [0, 0.05) is 29.9 Å². The van der Waals surface area contributed by atoms with Gasteiger partial charge in [0.1, 0.15) is 5.82 Å². The summed E-state index contributed by atoms with van der Waals surface area (Å²) < 4.78 is 20.0. The molecule has 0 amide bonds. The molecule has 0 bridgehead atoms. The van der Waals surface area contributed by atoms with Crippen LogP contribution in [-0.4, -0.2) is 32.7 Å². The van der Waals surface area contributed by atoms with Gasteiger partial charge in [0.25, 0.3) is 5.56 Å². The molecule has 156 valence electrons. The van der Waals surface area contributed by atoms with E-state index in [1.807, 2.05) is 30.3 Å². The Morgan fingerprint density at radius 1 is 1.19 bits per heavy atom. The van der Waals surface area contributed by atoms with Crippen LogP contribution < -0.4 is 5.56 Å². The number of aromatic hydroxyl groups is 1. The largest absolute Gasteiger partial charge is 0.505 e. The van der Waals surface area contributed by atoms with E-state index in [4.69, 9.17) is 0 Å². The molecule has 4 aromatic rings. The van der Waals surface area contributed by atoms with Crippen molar-refractivity contribution in [3.05, 3.63) is 88.5 Å². The summed E-state index contributed by atoms with van der Waals surface area (Å²) in [5.74, 6) is -1.97. The third-order valence-electron chi connectivity index (χ3n) is 4.95. The number of aryl methyl sites for hydroxylation is 2. The van der Waals surface area contributed by atoms with Crippen molar-refractivity contribution < 1.29 is 19.0 Å². The minimum atomic E-state index is -0.877. The van der Waals surface area contributed by atoms with Crippen molar-refractivity contribution in [1.82, 2.24) is 14.5 Å². The van der Waals surface area contributed by atoms with Crippen LogP contribution in [0.1, 0.15) is 16.1 Å². The molecule has 4 rings (SSSR count). The van der Waals surface area contributed by atoms with E-state index in [2.05, 4.69) is 14.7 Å². The molecular weight excluding hydrogens is 401 g/mol. The second-order valence-corrected chi connectivity index (χ2v) is 6.88. The van der Waals surface area contributed by atoms with Gasteiger partial charge in [0.15, 0.2) is 11.4 Å². The lowest BCUT2D eigenvalue weighted by atomic mass is 10.0. The summed E-state index contributed by atoms with van der Waals surface area (Å²) in [6.07, 6.45) is 4.51. The lowest BCUT2D eigenvalue weighted by Gasteiger charge is -2.13. The Morgan fingerprint density at radius 2 is 1.97 bits per heavy atom. The molecule has 0 aliphatic carbocycles. The van der Waals surface area contributed by atoms with Crippen LogP contribution >= 0.6 is 0 Å². The molecule has 0 saturated carbocycles. The Balaban J connectivity index is 1.92. The number of hydrogen-bond donors (Lipinski definition) is 1. The van der Waals surface area contributed by atoms with Crippen molar-refractivity contribution in [3.8, 4) is 17.0 Å². The van der Waals surface area contributed by atoms with E-state index in [1.54, 1.807) is 6.20 Å². The Morgan fingerprint density at radius 3 is 2.68 bits per heavy atom. The SMILES string of the molecule is COC(=O)c1nc(-c2cncc(F)c2)c2c(=O)n(CCc3ccccc3)ccc2c1O. The van der Waals surface area contributed by atoms with E-state index in [1.165, 1.54) is 16.8 Å². The molecule has 3 heterocycles. The summed E-state index contributed by atoms with van der Waals surface area (Å²) >= 11 is 0. The molecule has 1 aromatic carbocycles. The summed E-state index contributed by atoms with van der Waals surface area (Å²) in [5, 5.41) is 10.8. The first-order valence-electron chi connectivity index (χ1n) is 9.49. The maximum Gasteiger partial charge on any atom is 0.360 e. The van der Waals surface area contributed by atoms with E-state index in [9.17, 15) is 19.1 Å². The highest BCUT2D eigenvalue weighted by Crippen LogP contribution is 2.33. The molecule has 0 unspecified atom stereocenters. The van der Waals surface area contributed by atoms with E-state index in [-0.39, 0.29) is 27.7 Å². The zero-order chi connectivity index (χ0) is 22.0. The maximum absolute atomic E-state index is 13.8. The molecule has 7 nitrogen and oxygen atoms in total. The number of hydrogen-bond acceptors (Lipinski definition) is 6. The van der Waals surface area contributed by atoms with E-state index in [0.29, 0.717) is 13.0 Å². The van der Waals surface area contributed by atoms with Gasteiger partial charge in [-0.3, -0.25) is 9.78 Å². The minimum Gasteiger partial charge on any atom is -0.505 e. The molecule has 8 heteroatoms. The summed E-state index contributed by atoms with van der Waals surface area (Å²) in [5.41, 5.74) is 0.515. The Kier molecular flexibility index (Phi) is 5.44. The molecule has 3 aromatic heterocycles. The highest BCUT2D eigenvalue weighted by atomic mass is 19.1. The summed E-state index contributed by atoms with van der Waals surface area (Å²) in [7, 11) is 1.15. The molecule has 0 aliphatic rings. The first-order chi connectivity index (χ1) is 15.0. The molecule has 0 radical (unpaired) electrons. The number of ether oxygens (including phenoxy) is 1. The van der Waals surface area contributed by atoms with Crippen LogP contribution in [-0.2, 0) is 17.7 Å². The number of rotatable bonds is 5. The van der Waals surface area contributed by atoms with Crippen LogP contribution in [0, 0.1) is 5.82 Å². The van der Waals surface area contributed by atoms with Gasteiger partial charge in [-0.1, -0.05) is 30.3 Å². The van der Waals surface area contributed by atoms with Gasteiger partial charge in [-0.2, -0.15) is 0 Å². The number of halogens is 1. The van der Waals surface area contributed by atoms with Crippen LogP contribution in [0.3, 0.4) is 0 Å². The highest BCUT2D eigenvalue weighted by Gasteiger charge is 2.23. The number of nitrogens with zero attached hydrogens (tertiary/aromatic N) is 3. The number of fused-ring (bicyclic) bond motifs is 1. The standard InChI is InChI=1S/C23H18FN3O4/c1-31-23(30)20-21(28)17-8-10-27(9-7-14-5-3-2-4-6-14)22(29)18(17)19(26-20)15-11-16(24)13-25-12-15/h2-6,8,10-13,28H,7,9H2,1H3. The van der Waals surface area contributed by atoms with Crippen LogP contribution in [0.15, 0.2) is 65.8 Å². The Bertz CT molecular complexity index is 1340. The van der Waals surface area contributed by atoms with Gasteiger partial charge in [-0.05, 0) is 24.1 Å². The Hall–Kier alpha value is -4.07. The Labute approximate surface area is 176 Å². The molecule has 31 heavy (non-hydrogen) atoms. The van der Waals surface area contributed by atoms with Crippen molar-refractivity contribution in [2.45, 2.75) is 13.0 Å². The third-order valence-corrected chi connectivity index (χ3v) is 4.95. The van der Waals surface area contributed by atoms with E-state index >= 15 is 0 Å². The third kappa shape index (κ3) is 3.87. The van der Waals surface area contributed by atoms with Crippen molar-refractivity contribution >= 4 is 16.7 Å². The van der Waals surface area contributed by atoms with Gasteiger partial charge in [0.05, 0.1) is 24.4 Å². The second-order valence-electron chi connectivity index (χ2n) is 6.88. The fraction of sp³-hybridized carbons (Fsp3) is 0.130. The van der Waals surface area contributed by atoms with Crippen LogP contribution in [0.5, 0.6) is 5.75 Å². The first-order valence-corrected chi connectivity index (χ1v) is 9.49. The van der Waals surface area contributed by atoms with Crippen molar-refractivity contribution in [2.24, 2.45) is 0 Å². The summed E-state index contributed by atoms with van der Waals surface area (Å²) in [6.45, 7) is 0.388. The zero-order valence-electron chi connectivity index (χ0n) is 16.6. The lowest BCUT2D eigenvalue weighted by molar-refractivity contribution is 0.0591. The van der Waals surface area contributed by atoms with Crippen molar-refractivity contribution in [1.29, 1.82) is 0 Å². The number of carbonyl (C=O) groups excluding carboxylic acids is 1. The summed E-state index contributed by atoms with van der Waals surface area (Å²) in [6, 6.07) is 12.4. The number of aromatic nitrogens is 3. The number of pyridine rings is 3. The van der Waals surface area contributed by atoms with Gasteiger partial charge in [-0.15, -0.1) is 0 Å². The molecular formula is C23H18FN3O4. The van der Waals surface area contributed by atoms with Gasteiger partial charge in [0.2, 0.25) is 0 Å². The molecule has 0 spiro atoms. The quantitative estimate of drug-likeness (QED) is 0.499. The van der Waals surface area contributed by atoms with Gasteiger partial charge >= 0.3 is 5.97 Å².